The van der Waals surface area contributed by atoms with Gasteiger partial charge in [0.25, 0.3) is 0 Å². The van der Waals surface area contributed by atoms with Crippen molar-refractivity contribution in [1.82, 2.24) is 4.98 Å². The SMILES string of the molecule is NCc1cc2c(nc1Sc1ccc3c(c1)CCC3)CCC2. The van der Waals surface area contributed by atoms with Crippen LogP contribution in [-0.2, 0) is 32.2 Å². The van der Waals surface area contributed by atoms with Gasteiger partial charge in [-0.25, -0.2) is 4.98 Å². The molecule has 21 heavy (non-hydrogen) atoms. The molecule has 0 aliphatic heterocycles. The molecule has 0 amide bonds. The number of nitrogens with zero attached hydrogens (tertiary/aromatic N) is 1. The molecule has 1 aromatic heterocycles. The Bertz CT molecular complexity index is 694. The van der Waals surface area contributed by atoms with Gasteiger partial charge in [0.1, 0.15) is 5.03 Å². The average molecular weight is 296 g/mol. The van der Waals surface area contributed by atoms with Crippen LogP contribution >= 0.6 is 11.8 Å². The van der Waals surface area contributed by atoms with E-state index in [9.17, 15) is 0 Å². The van der Waals surface area contributed by atoms with Crippen LogP contribution in [-0.4, -0.2) is 4.98 Å². The van der Waals surface area contributed by atoms with Crippen molar-refractivity contribution in [2.45, 2.75) is 55.0 Å². The molecule has 1 heterocycles. The average Bonchev–Trinajstić information content (AvgIpc) is 3.13. The first kappa shape index (κ1) is 13.4. The summed E-state index contributed by atoms with van der Waals surface area (Å²) in [6.07, 6.45) is 7.29. The van der Waals surface area contributed by atoms with Gasteiger partial charge in [-0.15, -0.1) is 0 Å². The highest BCUT2D eigenvalue weighted by molar-refractivity contribution is 7.99. The van der Waals surface area contributed by atoms with E-state index in [1.807, 2.05) is 0 Å². The highest BCUT2D eigenvalue weighted by atomic mass is 32.2. The van der Waals surface area contributed by atoms with E-state index in [1.165, 1.54) is 64.9 Å². The Morgan fingerprint density at radius 2 is 1.76 bits per heavy atom. The van der Waals surface area contributed by atoms with Crippen molar-refractivity contribution in [2.24, 2.45) is 5.73 Å². The normalized spacial score (nSPS) is 16.0. The fraction of sp³-hybridized carbons (Fsp3) is 0.389. The maximum atomic E-state index is 5.94. The van der Waals surface area contributed by atoms with Crippen LogP contribution in [0.15, 0.2) is 34.2 Å². The van der Waals surface area contributed by atoms with Crippen LogP contribution in [0.4, 0.5) is 0 Å². The van der Waals surface area contributed by atoms with Gasteiger partial charge >= 0.3 is 0 Å². The maximum Gasteiger partial charge on any atom is 0.106 e. The van der Waals surface area contributed by atoms with Crippen LogP contribution in [0.1, 0.15) is 40.8 Å². The predicted molar refractivity (Wildman–Crippen MR) is 86.7 cm³/mol. The van der Waals surface area contributed by atoms with Crippen LogP contribution in [0.25, 0.3) is 0 Å². The minimum atomic E-state index is 0.577. The van der Waals surface area contributed by atoms with Crippen molar-refractivity contribution in [2.75, 3.05) is 0 Å². The van der Waals surface area contributed by atoms with Crippen molar-refractivity contribution >= 4 is 11.8 Å². The van der Waals surface area contributed by atoms with Gasteiger partial charge in [0.15, 0.2) is 0 Å². The summed E-state index contributed by atoms with van der Waals surface area (Å²) in [5.41, 5.74) is 12.9. The van der Waals surface area contributed by atoms with Gasteiger partial charge in [0, 0.05) is 17.1 Å². The lowest BCUT2D eigenvalue weighted by Crippen LogP contribution is -2.03. The first-order chi connectivity index (χ1) is 10.3. The van der Waals surface area contributed by atoms with E-state index in [1.54, 1.807) is 11.8 Å². The minimum Gasteiger partial charge on any atom is -0.326 e. The molecule has 0 bridgehead atoms. The Morgan fingerprint density at radius 1 is 0.952 bits per heavy atom. The van der Waals surface area contributed by atoms with Crippen molar-refractivity contribution in [3.63, 3.8) is 0 Å². The second-order valence-corrected chi connectivity index (χ2v) is 7.06. The third kappa shape index (κ3) is 2.49. The van der Waals surface area contributed by atoms with Gasteiger partial charge in [-0.05, 0) is 72.9 Å². The molecular weight excluding hydrogens is 276 g/mol. The molecule has 0 unspecified atom stereocenters. The molecule has 108 valence electrons. The predicted octanol–water partition coefficient (Wildman–Crippen LogP) is 3.67. The number of pyridine rings is 1. The topological polar surface area (TPSA) is 38.9 Å². The Labute approximate surface area is 130 Å². The molecule has 2 aliphatic rings. The summed E-state index contributed by atoms with van der Waals surface area (Å²) >= 11 is 1.78. The minimum absolute atomic E-state index is 0.577. The number of aromatic nitrogens is 1. The fourth-order valence-corrected chi connectivity index (χ4v) is 4.45. The lowest BCUT2D eigenvalue weighted by atomic mass is 10.1. The second-order valence-electron chi connectivity index (χ2n) is 6.00. The molecule has 0 atom stereocenters. The van der Waals surface area contributed by atoms with Gasteiger partial charge in [-0.3, -0.25) is 0 Å². The number of aryl methyl sites for hydroxylation is 4. The summed E-state index contributed by atoms with van der Waals surface area (Å²) in [4.78, 5) is 6.20. The summed E-state index contributed by atoms with van der Waals surface area (Å²) in [5, 5.41) is 1.11. The quantitative estimate of drug-likeness (QED) is 0.939. The van der Waals surface area contributed by atoms with Crippen molar-refractivity contribution in [1.29, 1.82) is 0 Å². The zero-order chi connectivity index (χ0) is 14.2. The summed E-state index contributed by atoms with van der Waals surface area (Å²) in [6, 6.07) is 9.16. The monoisotopic (exact) mass is 296 g/mol. The number of hydrogen-bond donors (Lipinski definition) is 1. The van der Waals surface area contributed by atoms with E-state index in [0.29, 0.717) is 6.54 Å². The van der Waals surface area contributed by atoms with Gasteiger partial charge in [0.2, 0.25) is 0 Å². The van der Waals surface area contributed by atoms with Crippen LogP contribution < -0.4 is 5.73 Å². The molecule has 2 aromatic rings. The first-order valence-electron chi connectivity index (χ1n) is 7.85. The fourth-order valence-electron chi connectivity index (χ4n) is 3.46. The first-order valence-corrected chi connectivity index (χ1v) is 8.66. The van der Waals surface area contributed by atoms with E-state index < -0.39 is 0 Å². The molecule has 2 N–H and O–H groups in total. The van der Waals surface area contributed by atoms with Crippen LogP contribution in [0, 0.1) is 0 Å². The highest BCUT2D eigenvalue weighted by Gasteiger charge is 2.17. The van der Waals surface area contributed by atoms with Crippen molar-refractivity contribution < 1.29 is 0 Å². The molecule has 2 aliphatic carbocycles. The summed E-state index contributed by atoms with van der Waals surface area (Å²) in [6.45, 7) is 0.577. The van der Waals surface area contributed by atoms with E-state index in [4.69, 9.17) is 10.7 Å². The van der Waals surface area contributed by atoms with Gasteiger partial charge in [-0.1, -0.05) is 23.9 Å². The standard InChI is InChI=1S/C18H20N2S/c19-11-15-9-14-5-2-6-17(14)20-18(15)21-16-8-7-12-3-1-4-13(12)10-16/h7-10H,1-6,11,19H2. The zero-order valence-electron chi connectivity index (χ0n) is 12.2. The Balaban J connectivity index is 1.67. The number of rotatable bonds is 3. The van der Waals surface area contributed by atoms with E-state index in [-0.39, 0.29) is 0 Å². The number of hydrogen-bond acceptors (Lipinski definition) is 3. The second kappa shape index (κ2) is 5.47. The third-order valence-corrected chi connectivity index (χ3v) is 5.63. The molecule has 0 spiro atoms. The zero-order valence-corrected chi connectivity index (χ0v) is 13.0. The smallest absolute Gasteiger partial charge is 0.106 e. The van der Waals surface area contributed by atoms with Crippen molar-refractivity contribution in [3.8, 4) is 0 Å². The molecule has 3 heteroatoms. The van der Waals surface area contributed by atoms with Crippen molar-refractivity contribution in [3.05, 3.63) is 52.2 Å². The molecule has 0 saturated heterocycles. The third-order valence-electron chi connectivity index (χ3n) is 4.59. The number of fused-ring (bicyclic) bond motifs is 2. The number of nitrogens with two attached hydrogens (primary N) is 1. The molecule has 0 radical (unpaired) electrons. The molecule has 0 fully saturated rings. The molecule has 0 saturated carbocycles. The van der Waals surface area contributed by atoms with E-state index in [0.717, 1.165) is 11.4 Å². The summed E-state index contributed by atoms with van der Waals surface area (Å²) < 4.78 is 0. The van der Waals surface area contributed by atoms with Gasteiger partial charge < -0.3 is 5.73 Å². The maximum absolute atomic E-state index is 5.94. The van der Waals surface area contributed by atoms with Crippen LogP contribution in [0.5, 0.6) is 0 Å². The Kier molecular flexibility index (Phi) is 3.48. The lowest BCUT2D eigenvalue weighted by molar-refractivity contribution is 0.884. The largest absolute Gasteiger partial charge is 0.326 e. The number of benzene rings is 1. The lowest BCUT2D eigenvalue weighted by Gasteiger charge is -2.11. The molecule has 4 rings (SSSR count). The van der Waals surface area contributed by atoms with Gasteiger partial charge in [-0.2, -0.15) is 0 Å². The highest BCUT2D eigenvalue weighted by Crippen LogP contribution is 2.34. The van der Waals surface area contributed by atoms with Crippen LogP contribution in [0.2, 0.25) is 0 Å². The Hall–Kier alpha value is -1.32. The van der Waals surface area contributed by atoms with E-state index >= 15 is 0 Å². The van der Waals surface area contributed by atoms with Gasteiger partial charge in [0.05, 0.1) is 0 Å². The molecule has 2 nitrogen and oxygen atoms in total. The van der Waals surface area contributed by atoms with E-state index in [2.05, 4.69) is 24.3 Å². The van der Waals surface area contributed by atoms with Crippen LogP contribution in [0.3, 0.4) is 0 Å². The Morgan fingerprint density at radius 3 is 2.67 bits per heavy atom. The molecular formula is C18H20N2S. The molecule has 1 aromatic carbocycles. The summed E-state index contributed by atoms with van der Waals surface area (Å²) in [7, 11) is 0. The summed E-state index contributed by atoms with van der Waals surface area (Å²) in [5.74, 6) is 0.